The fourth-order valence-electron chi connectivity index (χ4n) is 0.406. The number of carbonyl (C=O) groups is 1. The first-order valence-corrected chi connectivity index (χ1v) is 4.20. The van der Waals surface area contributed by atoms with Gasteiger partial charge >= 0.3 is 5.97 Å². The molecule has 5 nitrogen and oxygen atoms in total. The Bertz CT molecular complexity index is 103. The summed E-state index contributed by atoms with van der Waals surface area (Å²) in [5, 5.41) is 23.3. The Kier molecular flexibility index (Phi) is 15.9. The third kappa shape index (κ3) is 24.6. The number of aliphatic carboxylic acids is 1. The smallest absolute Gasteiger partial charge is 0.329 e. The third-order valence-electron chi connectivity index (χ3n) is 0.968. The van der Waals surface area contributed by atoms with Crippen molar-refractivity contribution < 1.29 is 24.9 Å². The van der Waals surface area contributed by atoms with E-state index in [0.29, 0.717) is 6.61 Å². The van der Waals surface area contributed by atoms with Crippen molar-refractivity contribution in [1.29, 1.82) is 0 Å². The first-order valence-electron chi connectivity index (χ1n) is 4.20. The molecule has 0 bridgehead atoms. The van der Waals surface area contributed by atoms with Crippen molar-refractivity contribution in [2.45, 2.75) is 19.8 Å². The van der Waals surface area contributed by atoms with Gasteiger partial charge in [-0.05, 0) is 6.42 Å². The zero-order valence-corrected chi connectivity index (χ0v) is 7.90. The van der Waals surface area contributed by atoms with E-state index in [2.05, 4.69) is 0 Å². The van der Waals surface area contributed by atoms with Gasteiger partial charge in [0.25, 0.3) is 0 Å². The maximum Gasteiger partial charge on any atom is 0.329 e. The molecule has 13 heavy (non-hydrogen) atoms. The number of rotatable bonds is 6. The molecule has 3 N–H and O–H groups in total. The molecule has 5 heteroatoms. The summed E-state index contributed by atoms with van der Waals surface area (Å²) in [5.41, 5.74) is 0. The van der Waals surface area contributed by atoms with Gasteiger partial charge in [-0.15, -0.1) is 0 Å². The van der Waals surface area contributed by atoms with Crippen LogP contribution < -0.4 is 0 Å². The van der Waals surface area contributed by atoms with E-state index < -0.39 is 5.97 Å². The largest absolute Gasteiger partial charge is 0.480 e. The number of carboxylic acid groups (broad SMARTS) is 1. The second-order valence-electron chi connectivity index (χ2n) is 2.25. The highest BCUT2D eigenvalue weighted by Crippen LogP contribution is 1.86. The fourth-order valence-corrected chi connectivity index (χ4v) is 0.406. The third-order valence-corrected chi connectivity index (χ3v) is 0.968. The minimum absolute atomic E-state index is 0.125. The molecule has 0 aromatic heterocycles. The lowest BCUT2D eigenvalue weighted by Gasteiger charge is -1.96. The predicted molar refractivity (Wildman–Crippen MR) is 47.5 cm³/mol. The Morgan fingerprint density at radius 1 is 1.31 bits per heavy atom. The number of hydrogen-bond acceptors (Lipinski definition) is 4. The van der Waals surface area contributed by atoms with Crippen LogP contribution in [0.5, 0.6) is 0 Å². The quantitative estimate of drug-likeness (QED) is 0.512. The SMILES string of the molecule is CCCCOCC(=O)O.OCCO. The summed E-state index contributed by atoms with van der Waals surface area (Å²) in [5.74, 6) is -0.897. The number of unbranched alkanes of at least 4 members (excludes halogenated alkanes) is 1. The van der Waals surface area contributed by atoms with Crippen LogP contribution in [0.15, 0.2) is 0 Å². The summed E-state index contributed by atoms with van der Waals surface area (Å²) in [7, 11) is 0. The maximum atomic E-state index is 9.84. The Hall–Kier alpha value is -0.650. The van der Waals surface area contributed by atoms with Crippen LogP contribution >= 0.6 is 0 Å². The van der Waals surface area contributed by atoms with Crippen molar-refractivity contribution in [3.8, 4) is 0 Å². The fraction of sp³-hybridized carbons (Fsp3) is 0.875. The molecule has 0 radical (unpaired) electrons. The van der Waals surface area contributed by atoms with Gasteiger partial charge in [-0.2, -0.15) is 0 Å². The van der Waals surface area contributed by atoms with E-state index in [0.717, 1.165) is 12.8 Å². The molecule has 0 aliphatic rings. The zero-order valence-electron chi connectivity index (χ0n) is 7.90. The van der Waals surface area contributed by atoms with Crippen LogP contribution in [0.1, 0.15) is 19.8 Å². The van der Waals surface area contributed by atoms with E-state index in [-0.39, 0.29) is 19.8 Å². The van der Waals surface area contributed by atoms with Gasteiger partial charge in [-0.1, -0.05) is 13.3 Å². The highest BCUT2D eigenvalue weighted by atomic mass is 16.5. The summed E-state index contributed by atoms with van der Waals surface area (Å²) in [4.78, 5) is 9.84. The van der Waals surface area contributed by atoms with E-state index in [1.165, 1.54) is 0 Å². The van der Waals surface area contributed by atoms with Crippen LogP contribution in [-0.4, -0.2) is 47.7 Å². The molecule has 0 saturated heterocycles. The van der Waals surface area contributed by atoms with Crippen molar-refractivity contribution >= 4 is 5.97 Å². The van der Waals surface area contributed by atoms with Crippen LogP contribution in [0, 0.1) is 0 Å². The number of aliphatic hydroxyl groups is 2. The molecule has 0 rings (SSSR count). The minimum atomic E-state index is -0.897. The average Bonchev–Trinajstić information content (AvgIpc) is 2.13. The lowest BCUT2D eigenvalue weighted by atomic mass is 10.4. The Labute approximate surface area is 78.0 Å². The van der Waals surface area contributed by atoms with Crippen molar-refractivity contribution in [3.63, 3.8) is 0 Å². The second kappa shape index (κ2) is 13.9. The molecule has 0 saturated carbocycles. The first kappa shape index (κ1) is 14.9. The normalized spacial score (nSPS) is 8.85. The topological polar surface area (TPSA) is 87.0 Å². The van der Waals surface area contributed by atoms with Gasteiger partial charge in [-0.25, -0.2) is 4.79 Å². The molecule has 0 fully saturated rings. The van der Waals surface area contributed by atoms with E-state index in [9.17, 15) is 4.79 Å². The van der Waals surface area contributed by atoms with Gasteiger partial charge in [0.15, 0.2) is 0 Å². The Morgan fingerprint density at radius 2 is 1.85 bits per heavy atom. The van der Waals surface area contributed by atoms with Crippen molar-refractivity contribution in [2.24, 2.45) is 0 Å². The zero-order chi connectivity index (χ0) is 10.5. The summed E-state index contributed by atoms with van der Waals surface area (Å²) in [6.07, 6.45) is 1.98. The summed E-state index contributed by atoms with van der Waals surface area (Å²) in [6.45, 7) is 2.17. The maximum absolute atomic E-state index is 9.84. The molecule has 0 aliphatic heterocycles. The molecule has 0 heterocycles. The van der Waals surface area contributed by atoms with Crippen molar-refractivity contribution in [1.82, 2.24) is 0 Å². The molecule has 0 amide bonds. The summed E-state index contributed by atoms with van der Waals surface area (Å²) >= 11 is 0. The second-order valence-corrected chi connectivity index (χ2v) is 2.25. The minimum Gasteiger partial charge on any atom is -0.480 e. The highest BCUT2D eigenvalue weighted by Gasteiger charge is 1.93. The van der Waals surface area contributed by atoms with Crippen LogP contribution in [0.25, 0.3) is 0 Å². The Balaban J connectivity index is 0. The van der Waals surface area contributed by atoms with Crippen LogP contribution in [0.3, 0.4) is 0 Å². The van der Waals surface area contributed by atoms with E-state index in [1.54, 1.807) is 0 Å². The van der Waals surface area contributed by atoms with Gasteiger partial charge < -0.3 is 20.1 Å². The van der Waals surface area contributed by atoms with Gasteiger partial charge in [0.05, 0.1) is 13.2 Å². The van der Waals surface area contributed by atoms with Crippen molar-refractivity contribution in [3.05, 3.63) is 0 Å². The molecular formula is C8H18O5. The van der Waals surface area contributed by atoms with E-state index >= 15 is 0 Å². The van der Waals surface area contributed by atoms with Crippen LogP contribution in [-0.2, 0) is 9.53 Å². The Morgan fingerprint density at radius 3 is 2.15 bits per heavy atom. The number of carboxylic acids is 1. The molecule has 0 aromatic carbocycles. The van der Waals surface area contributed by atoms with Crippen LogP contribution in [0.4, 0.5) is 0 Å². The lowest BCUT2D eigenvalue weighted by molar-refractivity contribution is -0.142. The molecular weight excluding hydrogens is 176 g/mol. The number of ether oxygens (including phenoxy) is 1. The average molecular weight is 194 g/mol. The van der Waals surface area contributed by atoms with Gasteiger partial charge in [0.2, 0.25) is 0 Å². The van der Waals surface area contributed by atoms with Crippen molar-refractivity contribution in [2.75, 3.05) is 26.4 Å². The van der Waals surface area contributed by atoms with E-state index in [1.807, 2.05) is 6.92 Å². The molecule has 0 aliphatic carbocycles. The first-order chi connectivity index (χ1) is 6.18. The molecule has 0 atom stereocenters. The number of aliphatic hydroxyl groups excluding tert-OH is 2. The summed E-state index contributed by atoms with van der Waals surface area (Å²) in [6, 6.07) is 0. The monoisotopic (exact) mass is 194 g/mol. The number of hydrogen-bond donors (Lipinski definition) is 3. The van der Waals surface area contributed by atoms with E-state index in [4.69, 9.17) is 20.1 Å². The van der Waals surface area contributed by atoms with Crippen LogP contribution in [0.2, 0.25) is 0 Å². The van der Waals surface area contributed by atoms with Gasteiger partial charge in [-0.3, -0.25) is 0 Å². The summed E-state index contributed by atoms with van der Waals surface area (Å²) < 4.78 is 4.74. The predicted octanol–water partition coefficient (Wildman–Crippen LogP) is -0.141. The molecule has 0 spiro atoms. The van der Waals surface area contributed by atoms with Gasteiger partial charge in [0, 0.05) is 6.61 Å². The lowest BCUT2D eigenvalue weighted by Crippen LogP contribution is -2.07. The molecule has 0 unspecified atom stereocenters. The standard InChI is InChI=1S/C6H12O3.C2H6O2/c1-2-3-4-9-5-6(7)8;3-1-2-4/h2-5H2,1H3,(H,7,8);3-4H,1-2H2. The molecule has 80 valence electrons. The van der Waals surface area contributed by atoms with Gasteiger partial charge in [0.1, 0.15) is 6.61 Å². The molecule has 0 aromatic rings. The highest BCUT2D eigenvalue weighted by molar-refractivity contribution is 5.67.